The number of ether oxygens (including phenoxy) is 1. The molecule has 1 rings (SSSR count). The second-order valence-corrected chi connectivity index (χ2v) is 2.85. The highest BCUT2D eigenvalue weighted by atomic mass is 19.4. The van der Waals surface area contributed by atoms with Crippen LogP contribution in [0.15, 0.2) is 12.1 Å². The summed E-state index contributed by atoms with van der Waals surface area (Å²) in [7, 11) is 0. The zero-order chi connectivity index (χ0) is 12.3. The van der Waals surface area contributed by atoms with Crippen LogP contribution in [0.4, 0.5) is 19.0 Å². The number of alkyl halides is 3. The molecule has 0 aliphatic carbocycles. The van der Waals surface area contributed by atoms with Crippen LogP contribution in [0.1, 0.15) is 23.0 Å². The fourth-order valence-corrected chi connectivity index (χ4v) is 1.06. The van der Waals surface area contributed by atoms with Crippen molar-refractivity contribution in [2.24, 2.45) is 0 Å². The van der Waals surface area contributed by atoms with Gasteiger partial charge in [-0.05, 0) is 19.1 Å². The molecule has 0 aliphatic heterocycles. The molecule has 0 aliphatic rings. The van der Waals surface area contributed by atoms with Gasteiger partial charge in [0.15, 0.2) is 5.69 Å². The Morgan fingerprint density at radius 2 is 2.12 bits per heavy atom. The van der Waals surface area contributed by atoms with E-state index in [-0.39, 0.29) is 12.4 Å². The molecule has 0 fully saturated rings. The monoisotopic (exact) mass is 234 g/mol. The predicted octanol–water partition coefficient (Wildman–Crippen LogP) is 1.86. The fourth-order valence-electron chi connectivity index (χ4n) is 1.06. The predicted molar refractivity (Wildman–Crippen MR) is 49.6 cm³/mol. The Bertz CT molecular complexity index is 404. The van der Waals surface area contributed by atoms with Crippen LogP contribution in [0, 0.1) is 0 Å². The first kappa shape index (κ1) is 12.3. The Balaban J connectivity index is 3.24. The molecule has 88 valence electrons. The third-order valence-electron chi connectivity index (χ3n) is 1.69. The van der Waals surface area contributed by atoms with E-state index in [4.69, 9.17) is 5.73 Å². The second kappa shape index (κ2) is 4.38. The molecule has 0 saturated heterocycles. The van der Waals surface area contributed by atoms with Crippen molar-refractivity contribution in [1.82, 2.24) is 4.98 Å². The van der Waals surface area contributed by atoms with E-state index < -0.39 is 23.4 Å². The highest BCUT2D eigenvalue weighted by Crippen LogP contribution is 2.31. The van der Waals surface area contributed by atoms with E-state index in [0.29, 0.717) is 6.07 Å². The number of halogens is 3. The van der Waals surface area contributed by atoms with Crippen LogP contribution in [-0.4, -0.2) is 17.6 Å². The molecule has 7 heteroatoms. The molecular weight excluding hydrogens is 225 g/mol. The number of hydrogen-bond donors (Lipinski definition) is 1. The van der Waals surface area contributed by atoms with E-state index >= 15 is 0 Å². The van der Waals surface area contributed by atoms with E-state index in [0.717, 1.165) is 6.07 Å². The van der Waals surface area contributed by atoms with Crippen LogP contribution in [0.5, 0.6) is 0 Å². The van der Waals surface area contributed by atoms with Crippen molar-refractivity contribution in [2.75, 3.05) is 12.3 Å². The third-order valence-corrected chi connectivity index (χ3v) is 1.69. The number of carbonyl (C=O) groups is 1. The van der Waals surface area contributed by atoms with Crippen molar-refractivity contribution in [3.63, 3.8) is 0 Å². The van der Waals surface area contributed by atoms with Crippen molar-refractivity contribution in [3.8, 4) is 0 Å². The molecule has 0 radical (unpaired) electrons. The summed E-state index contributed by atoms with van der Waals surface area (Å²) in [6, 6.07) is 1.68. The fraction of sp³-hybridized carbons (Fsp3) is 0.333. The van der Waals surface area contributed by atoms with Gasteiger partial charge in [0.1, 0.15) is 5.82 Å². The van der Waals surface area contributed by atoms with Gasteiger partial charge in [-0.2, -0.15) is 13.2 Å². The lowest BCUT2D eigenvalue weighted by Crippen LogP contribution is -2.17. The largest absolute Gasteiger partial charge is 0.461 e. The summed E-state index contributed by atoms with van der Waals surface area (Å²) in [5, 5.41) is 0. The quantitative estimate of drug-likeness (QED) is 0.793. The molecule has 0 amide bonds. The molecule has 0 spiro atoms. The molecule has 4 nitrogen and oxygen atoms in total. The first-order chi connectivity index (χ1) is 7.36. The maximum Gasteiger partial charge on any atom is 0.418 e. The number of hydrogen-bond acceptors (Lipinski definition) is 4. The average molecular weight is 234 g/mol. The van der Waals surface area contributed by atoms with Crippen molar-refractivity contribution in [2.45, 2.75) is 13.1 Å². The standard InChI is InChI=1S/C9H9F3N2O2/c1-2-16-8(15)7-5(9(10,11)12)3-4-6(13)14-7/h3-4H,2H2,1H3,(H2,13,14). The van der Waals surface area contributed by atoms with Crippen molar-refractivity contribution >= 4 is 11.8 Å². The molecule has 1 aromatic rings. The lowest BCUT2D eigenvalue weighted by Gasteiger charge is -2.11. The number of esters is 1. The zero-order valence-corrected chi connectivity index (χ0v) is 8.34. The molecule has 1 heterocycles. The molecule has 0 atom stereocenters. The van der Waals surface area contributed by atoms with Gasteiger partial charge in [0.05, 0.1) is 12.2 Å². The summed E-state index contributed by atoms with van der Waals surface area (Å²) >= 11 is 0. The van der Waals surface area contributed by atoms with Crippen LogP contribution in [0.3, 0.4) is 0 Å². The molecule has 2 N–H and O–H groups in total. The molecule has 0 saturated carbocycles. The van der Waals surface area contributed by atoms with Crippen molar-refractivity contribution < 1.29 is 22.7 Å². The average Bonchev–Trinajstić information content (AvgIpc) is 2.16. The van der Waals surface area contributed by atoms with Crippen LogP contribution in [-0.2, 0) is 10.9 Å². The second-order valence-electron chi connectivity index (χ2n) is 2.85. The minimum atomic E-state index is -4.66. The number of nitrogens with zero attached hydrogens (tertiary/aromatic N) is 1. The summed E-state index contributed by atoms with van der Waals surface area (Å²) in [5.41, 5.74) is 3.26. The van der Waals surface area contributed by atoms with E-state index in [9.17, 15) is 18.0 Å². The molecule has 16 heavy (non-hydrogen) atoms. The van der Waals surface area contributed by atoms with E-state index in [1.165, 1.54) is 6.92 Å². The minimum Gasteiger partial charge on any atom is -0.461 e. The van der Waals surface area contributed by atoms with Gasteiger partial charge in [0.25, 0.3) is 0 Å². The van der Waals surface area contributed by atoms with Gasteiger partial charge >= 0.3 is 12.1 Å². The topological polar surface area (TPSA) is 65.2 Å². The third kappa shape index (κ3) is 2.62. The van der Waals surface area contributed by atoms with Gasteiger partial charge in [-0.3, -0.25) is 0 Å². The Hall–Kier alpha value is -1.79. The molecule has 0 unspecified atom stereocenters. The number of anilines is 1. The number of pyridine rings is 1. The van der Waals surface area contributed by atoms with Crippen LogP contribution >= 0.6 is 0 Å². The van der Waals surface area contributed by atoms with Crippen molar-refractivity contribution in [1.29, 1.82) is 0 Å². The first-order valence-electron chi connectivity index (χ1n) is 4.37. The molecule has 0 aromatic carbocycles. The molecule has 0 bridgehead atoms. The smallest absolute Gasteiger partial charge is 0.418 e. The highest BCUT2D eigenvalue weighted by Gasteiger charge is 2.36. The lowest BCUT2D eigenvalue weighted by molar-refractivity contribution is -0.138. The molecular formula is C9H9F3N2O2. The normalized spacial score (nSPS) is 11.2. The Kier molecular flexibility index (Phi) is 3.36. The Morgan fingerprint density at radius 1 is 1.50 bits per heavy atom. The summed E-state index contributed by atoms with van der Waals surface area (Å²) < 4.78 is 41.9. The highest BCUT2D eigenvalue weighted by molar-refractivity contribution is 5.89. The minimum absolute atomic E-state index is 0.0351. The Morgan fingerprint density at radius 3 is 2.62 bits per heavy atom. The van der Waals surface area contributed by atoms with Gasteiger partial charge in [-0.15, -0.1) is 0 Å². The lowest BCUT2D eigenvalue weighted by atomic mass is 10.2. The van der Waals surface area contributed by atoms with Gasteiger partial charge in [-0.25, -0.2) is 9.78 Å². The molecule has 1 aromatic heterocycles. The summed E-state index contributed by atoms with van der Waals surface area (Å²) in [6.45, 7) is 1.45. The number of nitrogen functional groups attached to an aromatic ring is 1. The van der Waals surface area contributed by atoms with Crippen LogP contribution < -0.4 is 5.73 Å². The zero-order valence-electron chi connectivity index (χ0n) is 8.34. The number of carbonyl (C=O) groups excluding carboxylic acids is 1. The Labute approximate surface area is 89.2 Å². The summed E-state index contributed by atoms with van der Waals surface area (Å²) in [4.78, 5) is 14.6. The van der Waals surface area contributed by atoms with Crippen LogP contribution in [0.25, 0.3) is 0 Å². The maximum atomic E-state index is 12.5. The van der Waals surface area contributed by atoms with Crippen molar-refractivity contribution in [3.05, 3.63) is 23.4 Å². The number of rotatable bonds is 2. The number of aromatic nitrogens is 1. The summed E-state index contributed by atoms with van der Waals surface area (Å²) in [5.74, 6) is -1.31. The van der Waals surface area contributed by atoms with E-state index in [1.54, 1.807) is 0 Å². The number of nitrogens with two attached hydrogens (primary N) is 1. The van der Waals surface area contributed by atoms with Gasteiger partial charge in [0.2, 0.25) is 0 Å². The van der Waals surface area contributed by atoms with Gasteiger partial charge in [0, 0.05) is 0 Å². The van der Waals surface area contributed by atoms with Crippen LogP contribution in [0.2, 0.25) is 0 Å². The first-order valence-corrected chi connectivity index (χ1v) is 4.37. The van der Waals surface area contributed by atoms with Gasteiger partial charge in [-0.1, -0.05) is 0 Å². The SMILES string of the molecule is CCOC(=O)c1nc(N)ccc1C(F)(F)F. The maximum absolute atomic E-state index is 12.5. The summed E-state index contributed by atoms with van der Waals surface area (Å²) in [6.07, 6.45) is -4.66. The van der Waals surface area contributed by atoms with Gasteiger partial charge < -0.3 is 10.5 Å². The van der Waals surface area contributed by atoms with E-state index in [2.05, 4.69) is 9.72 Å². The van der Waals surface area contributed by atoms with E-state index in [1.807, 2.05) is 0 Å².